The van der Waals surface area contributed by atoms with E-state index in [1.807, 2.05) is 25.7 Å². The maximum absolute atomic E-state index is 13.8. The molecule has 0 radical (unpaired) electrons. The normalized spacial score (nSPS) is 18.9. The molecule has 2 fully saturated rings. The molecule has 0 unspecified atom stereocenters. The van der Waals surface area contributed by atoms with Crippen LogP contribution in [0.2, 0.25) is 0 Å². The summed E-state index contributed by atoms with van der Waals surface area (Å²) >= 11 is 1.25. The van der Waals surface area contributed by atoms with Crippen LogP contribution in [0.1, 0.15) is 72.9 Å². The van der Waals surface area contributed by atoms with Crippen molar-refractivity contribution in [2.75, 3.05) is 31.5 Å². The number of anilines is 1. The van der Waals surface area contributed by atoms with Crippen molar-refractivity contribution in [2.24, 2.45) is 0 Å². The molecule has 0 aliphatic carbocycles. The van der Waals surface area contributed by atoms with Gasteiger partial charge in [0.05, 0.1) is 5.54 Å². The number of likely N-dealkylation sites (tertiary alicyclic amines) is 2. The molecule has 0 spiro atoms. The largest absolute Gasteiger partial charge is 0.333 e. The number of benzene rings is 1. The number of carbonyl (C=O) groups is 2. The quantitative estimate of drug-likeness (QED) is 0.538. The number of nitrogens with zero attached hydrogens (tertiary/aromatic N) is 5. The van der Waals surface area contributed by atoms with E-state index >= 15 is 0 Å². The second-order valence-electron chi connectivity index (χ2n) is 10.8. The number of aromatic nitrogens is 3. The van der Waals surface area contributed by atoms with E-state index in [4.69, 9.17) is 5.10 Å². The van der Waals surface area contributed by atoms with Crippen molar-refractivity contribution in [1.29, 1.82) is 0 Å². The van der Waals surface area contributed by atoms with Crippen LogP contribution in [-0.4, -0.2) is 68.6 Å². The maximum Gasteiger partial charge on any atom is 0.276 e. The van der Waals surface area contributed by atoms with Crippen LogP contribution in [0.15, 0.2) is 18.2 Å². The van der Waals surface area contributed by atoms with Gasteiger partial charge in [0, 0.05) is 24.7 Å². The van der Waals surface area contributed by atoms with Crippen molar-refractivity contribution in [1.82, 2.24) is 24.6 Å². The Morgan fingerprint density at radius 3 is 2.61 bits per heavy atom. The first-order valence-electron chi connectivity index (χ1n) is 12.6. The molecule has 2 aliphatic heterocycles. The molecular weight excluding hydrogens is 479 g/mol. The molecule has 2 saturated heterocycles. The smallest absolute Gasteiger partial charge is 0.276 e. The van der Waals surface area contributed by atoms with Crippen LogP contribution in [0.4, 0.5) is 9.52 Å². The minimum Gasteiger partial charge on any atom is -0.333 e. The van der Waals surface area contributed by atoms with E-state index in [0.29, 0.717) is 32.3 Å². The van der Waals surface area contributed by atoms with E-state index < -0.39 is 5.54 Å². The van der Waals surface area contributed by atoms with E-state index in [1.165, 1.54) is 42.4 Å². The van der Waals surface area contributed by atoms with E-state index in [1.54, 1.807) is 11.6 Å². The van der Waals surface area contributed by atoms with Gasteiger partial charge in [0.15, 0.2) is 16.5 Å². The molecule has 1 aromatic carbocycles. The molecule has 2 aliphatic rings. The van der Waals surface area contributed by atoms with Crippen LogP contribution in [0.3, 0.4) is 0 Å². The van der Waals surface area contributed by atoms with E-state index in [-0.39, 0.29) is 23.7 Å². The average molecular weight is 513 g/mol. The highest BCUT2D eigenvalue weighted by atomic mass is 32.1. The van der Waals surface area contributed by atoms with Crippen molar-refractivity contribution in [3.05, 3.63) is 40.8 Å². The molecule has 3 aromatic rings. The van der Waals surface area contributed by atoms with Gasteiger partial charge < -0.3 is 9.80 Å². The molecular formula is C26H33FN6O2S. The first kappa shape index (κ1) is 24.8. The highest BCUT2D eigenvalue weighted by Crippen LogP contribution is 2.34. The van der Waals surface area contributed by atoms with Gasteiger partial charge in [-0.2, -0.15) is 10.1 Å². The molecule has 2 amide bonds. The molecule has 8 nitrogen and oxygen atoms in total. The lowest BCUT2D eigenvalue weighted by molar-refractivity contribution is 0.0703. The zero-order valence-electron chi connectivity index (χ0n) is 21.3. The first-order chi connectivity index (χ1) is 17.1. The number of fused-ring (bicyclic) bond motifs is 1. The molecule has 10 heteroatoms. The van der Waals surface area contributed by atoms with E-state index in [9.17, 15) is 14.0 Å². The van der Waals surface area contributed by atoms with Gasteiger partial charge in [-0.25, -0.2) is 9.07 Å². The van der Waals surface area contributed by atoms with E-state index in [2.05, 4.69) is 15.2 Å². The van der Waals surface area contributed by atoms with Crippen molar-refractivity contribution in [2.45, 2.75) is 65.0 Å². The standard InChI is InChI=1S/C26H33FN6O2S/c1-16-14-17(9-10-19(16)27)23(34)29-25-28-22-21(36-25)20(30-33(22)26(2,3)4)24(35)32-13-7-8-18(32)15-31-11-5-6-12-31/h9-10,14,18H,5-8,11-13,15H2,1-4H3,(H,28,29,34)/t18-/m0/s1. The Morgan fingerprint density at radius 1 is 1.17 bits per heavy atom. The minimum absolute atomic E-state index is 0.0691. The summed E-state index contributed by atoms with van der Waals surface area (Å²) in [4.78, 5) is 35.7. The number of carbonyl (C=O) groups excluding carboxylic acids is 2. The lowest BCUT2D eigenvalue weighted by Crippen LogP contribution is -2.42. The van der Waals surface area contributed by atoms with Crippen LogP contribution in [0.25, 0.3) is 10.3 Å². The first-order valence-corrected chi connectivity index (χ1v) is 13.4. The summed E-state index contributed by atoms with van der Waals surface area (Å²) in [5.74, 6) is -0.798. The topological polar surface area (TPSA) is 83.4 Å². The Labute approximate surface area is 214 Å². The lowest BCUT2D eigenvalue weighted by Gasteiger charge is -2.28. The Hall–Kier alpha value is -2.85. The van der Waals surface area contributed by atoms with Gasteiger partial charge in [-0.05, 0) is 90.2 Å². The van der Waals surface area contributed by atoms with Gasteiger partial charge in [-0.15, -0.1) is 0 Å². The predicted molar refractivity (Wildman–Crippen MR) is 139 cm³/mol. The molecule has 2 aromatic heterocycles. The molecule has 4 heterocycles. The van der Waals surface area contributed by atoms with Crippen molar-refractivity contribution >= 4 is 38.6 Å². The number of thiazole rings is 1. The number of hydrogen-bond donors (Lipinski definition) is 1. The summed E-state index contributed by atoms with van der Waals surface area (Å²) in [5, 5.41) is 7.95. The lowest BCUT2D eigenvalue weighted by atomic mass is 10.1. The molecule has 1 N–H and O–H groups in total. The Morgan fingerprint density at radius 2 is 1.92 bits per heavy atom. The maximum atomic E-state index is 13.8. The number of hydrogen-bond acceptors (Lipinski definition) is 6. The number of aryl methyl sites for hydroxylation is 1. The fourth-order valence-corrected chi connectivity index (χ4v) is 6.03. The molecule has 192 valence electrons. The van der Waals surface area contributed by atoms with Crippen molar-refractivity contribution in [3.63, 3.8) is 0 Å². The van der Waals surface area contributed by atoms with Gasteiger partial charge in [-0.1, -0.05) is 11.3 Å². The second-order valence-corrected chi connectivity index (χ2v) is 11.8. The van der Waals surface area contributed by atoms with Gasteiger partial charge >= 0.3 is 0 Å². The third-order valence-electron chi connectivity index (χ3n) is 7.01. The van der Waals surface area contributed by atoms with Gasteiger partial charge in [0.2, 0.25) is 0 Å². The summed E-state index contributed by atoms with van der Waals surface area (Å²) in [6.07, 6.45) is 4.45. The minimum atomic E-state index is -0.403. The zero-order chi connectivity index (χ0) is 25.6. The second kappa shape index (κ2) is 9.55. The Kier molecular flexibility index (Phi) is 6.59. The van der Waals surface area contributed by atoms with Gasteiger partial charge in [0.25, 0.3) is 11.8 Å². The SMILES string of the molecule is Cc1cc(C(=O)Nc2nc3c(s2)c(C(=O)N2CCC[C@H]2CN2CCCC2)nn3C(C)(C)C)ccc1F. The fourth-order valence-electron chi connectivity index (χ4n) is 5.11. The Bertz CT molecular complexity index is 1300. The number of nitrogens with one attached hydrogen (secondary N) is 1. The highest BCUT2D eigenvalue weighted by molar-refractivity contribution is 7.22. The predicted octanol–water partition coefficient (Wildman–Crippen LogP) is 4.65. The third kappa shape index (κ3) is 4.76. The number of amides is 2. The average Bonchev–Trinajstić information content (AvgIpc) is 3.59. The highest BCUT2D eigenvalue weighted by Gasteiger charge is 2.35. The zero-order valence-corrected chi connectivity index (χ0v) is 22.1. The monoisotopic (exact) mass is 512 g/mol. The van der Waals surface area contributed by atoms with Gasteiger partial charge in [0.1, 0.15) is 10.5 Å². The van der Waals surface area contributed by atoms with Crippen molar-refractivity contribution in [3.8, 4) is 0 Å². The molecule has 36 heavy (non-hydrogen) atoms. The summed E-state index contributed by atoms with van der Waals surface area (Å²) < 4.78 is 16.1. The van der Waals surface area contributed by atoms with Gasteiger partial charge in [-0.3, -0.25) is 14.9 Å². The van der Waals surface area contributed by atoms with E-state index in [0.717, 1.165) is 39.0 Å². The number of rotatable bonds is 5. The third-order valence-corrected chi connectivity index (χ3v) is 7.98. The summed E-state index contributed by atoms with van der Waals surface area (Å²) in [6, 6.07) is 4.44. The van der Waals surface area contributed by atoms with Crippen LogP contribution in [0, 0.1) is 12.7 Å². The number of halogens is 1. The summed E-state index contributed by atoms with van der Waals surface area (Å²) in [6.45, 7) is 11.5. The van der Waals surface area contributed by atoms with Crippen LogP contribution < -0.4 is 5.32 Å². The molecule has 5 rings (SSSR count). The van der Waals surface area contributed by atoms with Crippen molar-refractivity contribution < 1.29 is 14.0 Å². The summed E-state index contributed by atoms with van der Waals surface area (Å²) in [5.41, 5.74) is 1.32. The van der Waals surface area contributed by atoms with Crippen LogP contribution >= 0.6 is 11.3 Å². The molecule has 1 atom stereocenters. The fraction of sp³-hybridized carbons (Fsp3) is 0.538. The Balaban J connectivity index is 1.44. The van der Waals surface area contributed by atoms with Crippen LogP contribution in [-0.2, 0) is 5.54 Å². The summed E-state index contributed by atoms with van der Waals surface area (Å²) in [7, 11) is 0. The molecule has 0 bridgehead atoms. The van der Waals surface area contributed by atoms with Crippen LogP contribution in [0.5, 0.6) is 0 Å². The molecule has 0 saturated carbocycles.